The minimum Gasteiger partial charge on any atom is -0.469 e. The molecular formula is C10H19NO5S. The van der Waals surface area contributed by atoms with E-state index in [1.807, 2.05) is 6.92 Å². The van der Waals surface area contributed by atoms with Crippen molar-refractivity contribution in [2.45, 2.75) is 20.3 Å². The molecule has 0 aromatic heterocycles. The molecule has 0 fully saturated rings. The average Bonchev–Trinajstić information content (AvgIpc) is 2.23. The maximum atomic E-state index is 11.6. The lowest BCUT2D eigenvalue weighted by Gasteiger charge is -2.09. The van der Waals surface area contributed by atoms with E-state index in [0.717, 1.165) is 6.42 Å². The molecule has 0 aromatic rings. The Bertz CT molecular complexity index is 363. The van der Waals surface area contributed by atoms with Crippen LogP contribution in [0.1, 0.15) is 20.3 Å². The van der Waals surface area contributed by atoms with Crippen LogP contribution in [0.3, 0.4) is 0 Å². The van der Waals surface area contributed by atoms with Crippen LogP contribution in [-0.2, 0) is 24.2 Å². The molecule has 1 N–H and O–H groups in total. The number of carbonyl (C=O) groups is 2. The number of esters is 1. The van der Waals surface area contributed by atoms with Crippen LogP contribution in [-0.4, -0.2) is 45.5 Å². The average molecular weight is 265 g/mol. The third-order valence-corrected chi connectivity index (χ3v) is 3.74. The molecule has 7 heteroatoms. The Labute approximate surface area is 102 Å². The lowest BCUT2D eigenvalue weighted by atomic mass is 10.2. The first kappa shape index (κ1) is 15.9. The fourth-order valence-electron chi connectivity index (χ4n) is 1.22. The molecule has 0 saturated carbocycles. The Morgan fingerprint density at radius 1 is 1.35 bits per heavy atom. The van der Waals surface area contributed by atoms with Crippen molar-refractivity contribution in [3.63, 3.8) is 0 Å². The SMILES string of the molecule is CCCNC(=O)CS(=O)(=O)CC(C)C(=O)OC. The zero-order chi connectivity index (χ0) is 13.5. The highest BCUT2D eigenvalue weighted by Crippen LogP contribution is 2.04. The molecule has 0 aliphatic heterocycles. The van der Waals surface area contributed by atoms with Gasteiger partial charge in [-0.05, 0) is 6.42 Å². The van der Waals surface area contributed by atoms with Crippen LogP contribution in [0, 0.1) is 5.92 Å². The van der Waals surface area contributed by atoms with Gasteiger partial charge in [0.1, 0.15) is 5.75 Å². The fraction of sp³-hybridized carbons (Fsp3) is 0.800. The predicted molar refractivity (Wildman–Crippen MR) is 63.1 cm³/mol. The Hall–Kier alpha value is -1.11. The molecule has 1 atom stereocenters. The number of ether oxygens (including phenoxy) is 1. The smallest absolute Gasteiger partial charge is 0.309 e. The lowest BCUT2D eigenvalue weighted by Crippen LogP contribution is -2.34. The van der Waals surface area contributed by atoms with Gasteiger partial charge in [-0.25, -0.2) is 8.42 Å². The molecule has 17 heavy (non-hydrogen) atoms. The number of hydrogen-bond acceptors (Lipinski definition) is 5. The van der Waals surface area contributed by atoms with Crippen molar-refractivity contribution in [3.05, 3.63) is 0 Å². The van der Waals surface area contributed by atoms with Crippen LogP contribution in [0.25, 0.3) is 0 Å². The van der Waals surface area contributed by atoms with E-state index in [2.05, 4.69) is 10.1 Å². The summed E-state index contributed by atoms with van der Waals surface area (Å²) < 4.78 is 27.6. The van der Waals surface area contributed by atoms with Crippen molar-refractivity contribution < 1.29 is 22.7 Å². The Kier molecular flexibility index (Phi) is 6.79. The minimum absolute atomic E-state index is 0.376. The molecule has 0 heterocycles. The van der Waals surface area contributed by atoms with Gasteiger partial charge in [-0.15, -0.1) is 0 Å². The highest BCUT2D eigenvalue weighted by atomic mass is 32.2. The summed E-state index contributed by atoms with van der Waals surface area (Å²) >= 11 is 0. The van der Waals surface area contributed by atoms with E-state index in [1.165, 1.54) is 14.0 Å². The monoisotopic (exact) mass is 265 g/mol. The number of nitrogens with one attached hydrogen (secondary N) is 1. The van der Waals surface area contributed by atoms with Crippen molar-refractivity contribution in [1.29, 1.82) is 0 Å². The summed E-state index contributed by atoms with van der Waals surface area (Å²) in [7, 11) is -2.38. The lowest BCUT2D eigenvalue weighted by molar-refractivity contribution is -0.144. The van der Waals surface area contributed by atoms with E-state index in [0.29, 0.717) is 6.54 Å². The number of methoxy groups -OCH3 is 1. The van der Waals surface area contributed by atoms with Gasteiger partial charge in [0.2, 0.25) is 5.91 Å². The number of rotatable bonds is 7. The molecule has 0 aliphatic rings. The fourth-order valence-corrected chi connectivity index (χ4v) is 2.74. The van der Waals surface area contributed by atoms with Crippen LogP contribution in [0.5, 0.6) is 0 Å². The molecule has 1 unspecified atom stereocenters. The van der Waals surface area contributed by atoms with E-state index in [4.69, 9.17) is 0 Å². The van der Waals surface area contributed by atoms with Crippen molar-refractivity contribution >= 4 is 21.7 Å². The van der Waals surface area contributed by atoms with Crippen molar-refractivity contribution in [2.24, 2.45) is 5.92 Å². The second-order valence-electron chi connectivity index (χ2n) is 3.83. The number of sulfone groups is 1. The highest BCUT2D eigenvalue weighted by molar-refractivity contribution is 7.92. The Morgan fingerprint density at radius 2 is 1.94 bits per heavy atom. The van der Waals surface area contributed by atoms with Crippen LogP contribution in [0.15, 0.2) is 0 Å². The molecule has 0 aliphatic carbocycles. The van der Waals surface area contributed by atoms with Gasteiger partial charge >= 0.3 is 5.97 Å². The second kappa shape index (κ2) is 7.26. The first-order valence-corrected chi connectivity index (χ1v) is 7.19. The van der Waals surface area contributed by atoms with Crippen LogP contribution >= 0.6 is 0 Å². The molecule has 0 bridgehead atoms. The first-order valence-electron chi connectivity index (χ1n) is 5.37. The second-order valence-corrected chi connectivity index (χ2v) is 5.94. The highest BCUT2D eigenvalue weighted by Gasteiger charge is 2.24. The van der Waals surface area contributed by atoms with Crippen LogP contribution in [0.4, 0.5) is 0 Å². The summed E-state index contributed by atoms with van der Waals surface area (Å²) in [5.41, 5.74) is 0. The van der Waals surface area contributed by atoms with E-state index in [9.17, 15) is 18.0 Å². The van der Waals surface area contributed by atoms with Crippen LogP contribution in [0.2, 0.25) is 0 Å². The molecule has 0 rings (SSSR count). The van der Waals surface area contributed by atoms with Gasteiger partial charge < -0.3 is 10.1 Å². The van der Waals surface area contributed by atoms with E-state index in [1.54, 1.807) is 0 Å². The first-order chi connectivity index (χ1) is 7.82. The summed E-state index contributed by atoms with van der Waals surface area (Å²) in [5, 5.41) is 2.47. The Morgan fingerprint density at radius 3 is 2.41 bits per heavy atom. The third-order valence-electron chi connectivity index (χ3n) is 2.03. The third kappa shape index (κ3) is 6.93. The standard InChI is InChI=1S/C10H19NO5S/c1-4-5-11-9(12)7-17(14,15)6-8(2)10(13)16-3/h8H,4-7H2,1-3H3,(H,11,12). The molecule has 0 aromatic carbocycles. The summed E-state index contributed by atoms with van der Waals surface area (Å²) in [5.74, 6) is -2.86. The van der Waals surface area contributed by atoms with Crippen molar-refractivity contribution in [3.8, 4) is 0 Å². The summed E-state index contributed by atoms with van der Waals surface area (Å²) in [6, 6.07) is 0. The van der Waals surface area contributed by atoms with E-state index < -0.39 is 33.4 Å². The number of hydrogen-bond donors (Lipinski definition) is 1. The quantitative estimate of drug-likeness (QED) is 0.640. The van der Waals surface area contributed by atoms with E-state index in [-0.39, 0.29) is 5.75 Å². The van der Waals surface area contributed by atoms with Gasteiger partial charge in [0, 0.05) is 6.54 Å². The minimum atomic E-state index is -3.58. The molecule has 0 spiro atoms. The summed E-state index contributed by atoms with van der Waals surface area (Å²) in [4.78, 5) is 22.3. The largest absolute Gasteiger partial charge is 0.469 e. The van der Waals surface area contributed by atoms with Gasteiger partial charge in [-0.1, -0.05) is 13.8 Å². The van der Waals surface area contributed by atoms with Gasteiger partial charge in [-0.3, -0.25) is 9.59 Å². The zero-order valence-electron chi connectivity index (χ0n) is 10.4. The molecular weight excluding hydrogens is 246 g/mol. The topological polar surface area (TPSA) is 89.5 Å². The number of carbonyl (C=O) groups excluding carboxylic acids is 2. The van der Waals surface area contributed by atoms with E-state index >= 15 is 0 Å². The van der Waals surface area contributed by atoms with Gasteiger partial charge in [0.15, 0.2) is 9.84 Å². The van der Waals surface area contributed by atoms with Gasteiger partial charge in [-0.2, -0.15) is 0 Å². The molecule has 100 valence electrons. The molecule has 0 saturated heterocycles. The maximum absolute atomic E-state index is 11.6. The molecule has 0 radical (unpaired) electrons. The maximum Gasteiger partial charge on any atom is 0.309 e. The van der Waals surface area contributed by atoms with Crippen LogP contribution < -0.4 is 5.32 Å². The molecule has 6 nitrogen and oxygen atoms in total. The predicted octanol–water partition coefficient (Wildman–Crippen LogP) is -0.263. The number of amides is 1. The normalized spacial score (nSPS) is 12.9. The summed E-state index contributed by atoms with van der Waals surface area (Å²) in [6.07, 6.45) is 0.740. The zero-order valence-corrected chi connectivity index (χ0v) is 11.2. The van der Waals surface area contributed by atoms with Crippen molar-refractivity contribution in [2.75, 3.05) is 25.2 Å². The summed E-state index contributed by atoms with van der Waals surface area (Å²) in [6.45, 7) is 3.77. The molecule has 1 amide bonds. The van der Waals surface area contributed by atoms with Gasteiger partial charge in [0.25, 0.3) is 0 Å². The Balaban J connectivity index is 4.30. The van der Waals surface area contributed by atoms with Gasteiger partial charge in [0.05, 0.1) is 18.8 Å². The van der Waals surface area contributed by atoms with Crippen molar-refractivity contribution in [1.82, 2.24) is 5.32 Å².